The van der Waals surface area contributed by atoms with Gasteiger partial charge in [-0.25, -0.2) is 13.3 Å². The maximum atomic E-state index is 12.6. The Morgan fingerprint density at radius 1 is 1.26 bits per heavy atom. The van der Waals surface area contributed by atoms with Gasteiger partial charge in [-0.15, -0.1) is 0 Å². The van der Waals surface area contributed by atoms with E-state index in [9.17, 15) is 8.42 Å². The fourth-order valence-electron chi connectivity index (χ4n) is 1.89. The first kappa shape index (κ1) is 17.3. The second kappa shape index (κ2) is 7.04. The van der Waals surface area contributed by atoms with Gasteiger partial charge in [-0.2, -0.15) is 5.26 Å². The molecular formula is C15H12ClN3O2S2. The molecule has 2 aromatic rings. The largest absolute Gasteiger partial charge is 0.278 e. The van der Waals surface area contributed by atoms with Crippen molar-refractivity contribution < 1.29 is 8.42 Å². The van der Waals surface area contributed by atoms with Crippen LogP contribution in [0.5, 0.6) is 0 Å². The maximum Gasteiger partial charge on any atom is 0.208 e. The average molecular weight is 366 g/mol. The van der Waals surface area contributed by atoms with Crippen molar-refractivity contribution in [2.45, 2.75) is 9.79 Å². The molecule has 0 bridgehead atoms. The van der Waals surface area contributed by atoms with Crippen LogP contribution in [0.3, 0.4) is 0 Å². The predicted molar refractivity (Wildman–Crippen MR) is 92.7 cm³/mol. The van der Waals surface area contributed by atoms with Crippen molar-refractivity contribution in [2.75, 3.05) is 11.2 Å². The van der Waals surface area contributed by atoms with Crippen LogP contribution in [-0.2, 0) is 9.84 Å². The number of hydrogen-bond donors (Lipinski definition) is 1. The van der Waals surface area contributed by atoms with Gasteiger partial charge in [-0.3, -0.25) is 5.41 Å². The van der Waals surface area contributed by atoms with Gasteiger partial charge in [0, 0.05) is 0 Å². The summed E-state index contributed by atoms with van der Waals surface area (Å²) in [5, 5.41) is 16.9. The number of benzene rings is 2. The lowest BCUT2D eigenvalue weighted by Gasteiger charge is -2.16. The summed E-state index contributed by atoms with van der Waals surface area (Å²) in [6.07, 6.45) is 3.54. The molecule has 1 N–H and O–H groups in total. The lowest BCUT2D eigenvalue weighted by Crippen LogP contribution is -2.21. The number of rotatable bonds is 3. The molecule has 23 heavy (non-hydrogen) atoms. The molecule has 0 heterocycles. The summed E-state index contributed by atoms with van der Waals surface area (Å²) in [6.45, 7) is 0. The number of sulfone groups is 1. The SMILES string of the molecule is CSC(=N)N(C#N)c1ccc(S(=O)(=O)c2ccccc2)c(Cl)c1. The van der Waals surface area contributed by atoms with Crippen LogP contribution < -0.4 is 4.90 Å². The van der Waals surface area contributed by atoms with Crippen LogP contribution in [0.15, 0.2) is 58.3 Å². The second-order valence-corrected chi connectivity index (χ2v) is 7.50. The maximum absolute atomic E-state index is 12.6. The van der Waals surface area contributed by atoms with E-state index in [-0.39, 0.29) is 20.0 Å². The van der Waals surface area contributed by atoms with Crippen LogP contribution in [0.2, 0.25) is 5.02 Å². The molecule has 0 atom stereocenters. The molecule has 0 aliphatic rings. The van der Waals surface area contributed by atoms with Crippen molar-refractivity contribution in [3.63, 3.8) is 0 Å². The van der Waals surface area contributed by atoms with E-state index in [1.165, 1.54) is 30.3 Å². The highest BCUT2D eigenvalue weighted by Crippen LogP contribution is 2.31. The number of thioether (sulfide) groups is 1. The number of halogens is 1. The third-order valence-corrected chi connectivity index (χ3v) is 5.83. The molecule has 5 nitrogen and oxygen atoms in total. The first-order valence-corrected chi connectivity index (χ1v) is 9.42. The highest BCUT2D eigenvalue weighted by atomic mass is 35.5. The van der Waals surface area contributed by atoms with Crippen LogP contribution in [0.4, 0.5) is 5.69 Å². The highest BCUT2D eigenvalue weighted by molar-refractivity contribution is 8.13. The number of amidine groups is 1. The lowest BCUT2D eigenvalue weighted by molar-refractivity contribution is 0.596. The molecular weight excluding hydrogens is 354 g/mol. The van der Waals surface area contributed by atoms with Gasteiger partial charge in [-0.1, -0.05) is 41.6 Å². The Balaban J connectivity index is 2.49. The van der Waals surface area contributed by atoms with E-state index >= 15 is 0 Å². The van der Waals surface area contributed by atoms with Gasteiger partial charge < -0.3 is 0 Å². The minimum Gasteiger partial charge on any atom is -0.278 e. The average Bonchev–Trinajstić information content (AvgIpc) is 2.56. The molecule has 2 rings (SSSR count). The number of hydrogen-bond acceptors (Lipinski definition) is 5. The molecule has 0 saturated carbocycles. The molecule has 8 heteroatoms. The van der Waals surface area contributed by atoms with Gasteiger partial charge >= 0.3 is 0 Å². The smallest absolute Gasteiger partial charge is 0.208 e. The van der Waals surface area contributed by atoms with Crippen LogP contribution >= 0.6 is 23.4 Å². The van der Waals surface area contributed by atoms with E-state index in [4.69, 9.17) is 22.3 Å². The lowest BCUT2D eigenvalue weighted by atomic mass is 10.3. The summed E-state index contributed by atoms with van der Waals surface area (Å²) >= 11 is 7.21. The normalized spacial score (nSPS) is 10.8. The van der Waals surface area contributed by atoms with E-state index in [1.807, 2.05) is 6.19 Å². The van der Waals surface area contributed by atoms with Crippen LogP contribution in [0.25, 0.3) is 0 Å². The third kappa shape index (κ3) is 3.50. The van der Waals surface area contributed by atoms with Crippen molar-refractivity contribution in [1.29, 1.82) is 10.7 Å². The fourth-order valence-corrected chi connectivity index (χ4v) is 4.03. The molecule has 0 fully saturated rings. The summed E-state index contributed by atoms with van der Waals surface area (Å²) in [6, 6.07) is 12.1. The molecule has 0 spiro atoms. The van der Waals surface area contributed by atoms with Gasteiger partial charge in [0.2, 0.25) is 9.84 Å². The van der Waals surface area contributed by atoms with E-state index in [0.29, 0.717) is 5.69 Å². The Bertz CT molecular complexity index is 877. The van der Waals surface area contributed by atoms with E-state index in [2.05, 4.69) is 0 Å². The quantitative estimate of drug-likeness (QED) is 0.387. The van der Waals surface area contributed by atoms with Crippen LogP contribution in [0, 0.1) is 16.9 Å². The van der Waals surface area contributed by atoms with Gasteiger partial charge in [0.05, 0.1) is 20.5 Å². The Morgan fingerprint density at radius 3 is 2.43 bits per heavy atom. The van der Waals surface area contributed by atoms with Gasteiger partial charge in [0.1, 0.15) is 0 Å². The van der Waals surface area contributed by atoms with Crippen molar-refractivity contribution in [3.8, 4) is 6.19 Å². The van der Waals surface area contributed by atoms with Crippen LogP contribution in [0.1, 0.15) is 0 Å². The van der Waals surface area contributed by atoms with Crippen molar-refractivity contribution in [2.24, 2.45) is 0 Å². The van der Waals surface area contributed by atoms with Gasteiger partial charge in [0.15, 0.2) is 11.4 Å². The molecule has 0 aliphatic heterocycles. The van der Waals surface area contributed by atoms with Gasteiger partial charge in [0.25, 0.3) is 0 Å². The van der Waals surface area contributed by atoms with Crippen molar-refractivity contribution >= 4 is 44.1 Å². The Morgan fingerprint density at radius 2 is 1.91 bits per heavy atom. The second-order valence-electron chi connectivity index (χ2n) is 4.38. The highest BCUT2D eigenvalue weighted by Gasteiger charge is 2.22. The number of nitrogens with zero attached hydrogens (tertiary/aromatic N) is 2. The predicted octanol–water partition coefficient (Wildman–Crippen LogP) is 3.76. The van der Waals surface area contributed by atoms with E-state index in [0.717, 1.165) is 16.7 Å². The zero-order chi connectivity index (χ0) is 17.0. The summed E-state index contributed by atoms with van der Waals surface area (Å²) in [7, 11) is -3.74. The number of nitrogens with one attached hydrogen (secondary N) is 1. The summed E-state index contributed by atoms with van der Waals surface area (Å²) in [5.41, 5.74) is 0.337. The van der Waals surface area contributed by atoms with Crippen LogP contribution in [-0.4, -0.2) is 19.8 Å². The summed E-state index contributed by atoms with van der Waals surface area (Å²) < 4.78 is 25.2. The zero-order valence-corrected chi connectivity index (χ0v) is 14.4. The minimum atomic E-state index is -3.74. The molecule has 0 saturated heterocycles. The van der Waals surface area contributed by atoms with Gasteiger partial charge in [-0.05, 0) is 36.6 Å². The molecule has 0 amide bonds. The zero-order valence-electron chi connectivity index (χ0n) is 12.0. The Labute approximate surface area is 143 Å². The summed E-state index contributed by atoms with van der Waals surface area (Å²) in [5.74, 6) is 0. The number of nitriles is 1. The van der Waals surface area contributed by atoms with E-state index < -0.39 is 9.84 Å². The number of anilines is 1. The summed E-state index contributed by atoms with van der Waals surface area (Å²) in [4.78, 5) is 1.17. The molecule has 2 aromatic carbocycles. The standard InChI is InChI=1S/C15H12ClN3O2S2/c1-22-15(18)19(10-17)11-7-8-14(13(16)9-11)23(20,21)12-5-3-2-4-6-12/h2-9,18H,1H3. The fraction of sp³-hybridized carbons (Fsp3) is 0.0667. The Kier molecular flexibility index (Phi) is 5.31. The monoisotopic (exact) mass is 365 g/mol. The molecule has 0 aliphatic carbocycles. The minimum absolute atomic E-state index is 0.000469. The first-order chi connectivity index (χ1) is 10.9. The first-order valence-electron chi connectivity index (χ1n) is 6.34. The third-order valence-electron chi connectivity index (χ3n) is 3.01. The van der Waals surface area contributed by atoms with Crippen molar-refractivity contribution in [1.82, 2.24) is 0 Å². The van der Waals surface area contributed by atoms with Crippen molar-refractivity contribution in [3.05, 3.63) is 53.6 Å². The van der Waals surface area contributed by atoms with E-state index in [1.54, 1.807) is 24.5 Å². The Hall–Kier alpha value is -2.01. The molecule has 0 unspecified atom stereocenters. The molecule has 118 valence electrons. The molecule has 0 aromatic heterocycles. The molecule has 0 radical (unpaired) electrons. The topological polar surface area (TPSA) is 85.0 Å².